The Morgan fingerprint density at radius 3 is 3.07 bits per heavy atom. The molecule has 1 aromatic carbocycles. The van der Waals surface area contributed by atoms with E-state index in [2.05, 4.69) is 17.9 Å². The Morgan fingerprint density at radius 1 is 1.50 bits per heavy atom. The summed E-state index contributed by atoms with van der Waals surface area (Å²) in [5.74, 6) is 0. The number of morpholine rings is 1. The first-order chi connectivity index (χ1) is 6.77. The molecule has 1 saturated heterocycles. The predicted molar refractivity (Wildman–Crippen MR) is 59.5 cm³/mol. The molecule has 0 spiro atoms. The summed E-state index contributed by atoms with van der Waals surface area (Å²) in [5, 5.41) is 0. The van der Waals surface area contributed by atoms with E-state index in [1.165, 1.54) is 5.69 Å². The zero-order valence-corrected chi connectivity index (χ0v) is 8.44. The van der Waals surface area contributed by atoms with Crippen molar-refractivity contribution in [2.24, 2.45) is 0 Å². The molecule has 72 valence electrons. The molecule has 0 saturated carbocycles. The normalized spacial score (nSPS) is 22.4. The molecule has 3 heteroatoms. The number of ether oxygens (including phenoxy) is 1. The highest BCUT2D eigenvalue weighted by Gasteiger charge is 2.18. The fourth-order valence-corrected chi connectivity index (χ4v) is 1.81. The third-order valence-corrected chi connectivity index (χ3v) is 2.57. The smallest absolute Gasteiger partial charge is 0.113 e. The van der Waals surface area contributed by atoms with E-state index in [1.807, 2.05) is 18.2 Å². The standard InChI is InChI=1S/C11H14BNO/c1-9-8-14-6-5-13(9)11-4-2-3-10(12)7-11/h2-4,7,9H,5-6,8H2,1H3/t9-/m1/s1. The highest BCUT2D eigenvalue weighted by molar-refractivity contribution is 6.32. The molecule has 2 rings (SSSR count). The van der Waals surface area contributed by atoms with Gasteiger partial charge in [0, 0.05) is 18.3 Å². The molecule has 1 aromatic rings. The van der Waals surface area contributed by atoms with Crippen molar-refractivity contribution in [2.45, 2.75) is 13.0 Å². The second kappa shape index (κ2) is 4.05. The van der Waals surface area contributed by atoms with E-state index in [-0.39, 0.29) is 0 Å². The Bertz CT molecular complexity index is 316. The third-order valence-electron chi connectivity index (χ3n) is 2.57. The lowest BCUT2D eigenvalue weighted by atomic mass is 9.95. The van der Waals surface area contributed by atoms with Crippen LogP contribution < -0.4 is 10.4 Å². The van der Waals surface area contributed by atoms with Gasteiger partial charge in [0.25, 0.3) is 0 Å². The van der Waals surface area contributed by atoms with Crippen LogP contribution >= 0.6 is 0 Å². The fraction of sp³-hybridized carbons (Fsp3) is 0.455. The van der Waals surface area contributed by atoms with Crippen molar-refractivity contribution in [3.8, 4) is 0 Å². The predicted octanol–water partition coefficient (Wildman–Crippen LogP) is 0.706. The highest BCUT2D eigenvalue weighted by Crippen LogP contribution is 2.17. The molecule has 0 N–H and O–H groups in total. The zero-order valence-electron chi connectivity index (χ0n) is 8.44. The molecule has 1 fully saturated rings. The van der Waals surface area contributed by atoms with Crippen LogP contribution in [-0.4, -0.2) is 33.6 Å². The van der Waals surface area contributed by atoms with E-state index >= 15 is 0 Å². The summed E-state index contributed by atoms with van der Waals surface area (Å²) >= 11 is 0. The van der Waals surface area contributed by atoms with Gasteiger partial charge in [0.1, 0.15) is 7.85 Å². The number of hydrogen-bond acceptors (Lipinski definition) is 2. The van der Waals surface area contributed by atoms with Gasteiger partial charge >= 0.3 is 0 Å². The average molecular weight is 187 g/mol. The van der Waals surface area contributed by atoms with Crippen molar-refractivity contribution < 1.29 is 4.74 Å². The van der Waals surface area contributed by atoms with Crippen molar-refractivity contribution in [2.75, 3.05) is 24.7 Å². The molecular weight excluding hydrogens is 173 g/mol. The molecule has 0 unspecified atom stereocenters. The van der Waals surface area contributed by atoms with E-state index in [0.29, 0.717) is 6.04 Å². The highest BCUT2D eigenvalue weighted by atomic mass is 16.5. The van der Waals surface area contributed by atoms with Crippen molar-refractivity contribution in [1.82, 2.24) is 0 Å². The molecule has 1 heterocycles. The van der Waals surface area contributed by atoms with Crippen molar-refractivity contribution in [1.29, 1.82) is 0 Å². The first-order valence-corrected chi connectivity index (χ1v) is 4.97. The van der Waals surface area contributed by atoms with Crippen LogP contribution in [-0.2, 0) is 4.74 Å². The Labute approximate surface area is 86.3 Å². The Morgan fingerprint density at radius 2 is 2.36 bits per heavy atom. The van der Waals surface area contributed by atoms with E-state index in [9.17, 15) is 0 Å². The van der Waals surface area contributed by atoms with Gasteiger partial charge in [-0.25, -0.2) is 0 Å². The summed E-state index contributed by atoms with van der Waals surface area (Å²) in [6, 6.07) is 8.45. The second-order valence-corrected chi connectivity index (χ2v) is 3.71. The van der Waals surface area contributed by atoms with Crippen LogP contribution in [0.15, 0.2) is 24.3 Å². The van der Waals surface area contributed by atoms with Crippen LogP contribution in [0.2, 0.25) is 0 Å². The molecule has 1 aliphatic rings. The van der Waals surface area contributed by atoms with Crippen LogP contribution in [0.4, 0.5) is 5.69 Å². The summed E-state index contributed by atoms with van der Waals surface area (Å²) < 4.78 is 5.39. The maximum Gasteiger partial charge on any atom is 0.113 e. The Hall–Kier alpha value is -0.955. The average Bonchev–Trinajstić information content (AvgIpc) is 2.18. The minimum atomic E-state index is 0.436. The lowest BCUT2D eigenvalue weighted by Gasteiger charge is -2.35. The monoisotopic (exact) mass is 187 g/mol. The van der Waals surface area contributed by atoms with E-state index in [0.717, 1.165) is 25.2 Å². The Kier molecular flexibility index (Phi) is 2.78. The SMILES string of the molecule is [B]c1cccc(N2CCOC[C@H]2C)c1. The largest absolute Gasteiger partial charge is 0.377 e. The summed E-state index contributed by atoms with van der Waals surface area (Å²) in [7, 11) is 5.75. The maximum absolute atomic E-state index is 5.75. The van der Waals surface area contributed by atoms with Crippen LogP contribution in [0.3, 0.4) is 0 Å². The van der Waals surface area contributed by atoms with Crippen molar-refractivity contribution in [3.05, 3.63) is 24.3 Å². The van der Waals surface area contributed by atoms with Gasteiger partial charge in [-0.3, -0.25) is 0 Å². The summed E-state index contributed by atoms with van der Waals surface area (Å²) in [6.45, 7) is 4.72. The molecular formula is C11H14BNO. The quantitative estimate of drug-likeness (QED) is 0.600. The summed E-state index contributed by atoms with van der Waals surface area (Å²) in [6.07, 6.45) is 0. The maximum atomic E-state index is 5.75. The van der Waals surface area contributed by atoms with E-state index in [4.69, 9.17) is 12.6 Å². The van der Waals surface area contributed by atoms with Crippen LogP contribution in [0.25, 0.3) is 0 Å². The Balaban J connectivity index is 2.20. The number of rotatable bonds is 1. The van der Waals surface area contributed by atoms with Crippen LogP contribution in [0.5, 0.6) is 0 Å². The van der Waals surface area contributed by atoms with Gasteiger partial charge in [0.05, 0.1) is 13.2 Å². The first-order valence-electron chi connectivity index (χ1n) is 4.97. The molecule has 0 aliphatic carbocycles. The molecule has 2 radical (unpaired) electrons. The zero-order chi connectivity index (χ0) is 9.97. The summed E-state index contributed by atoms with van der Waals surface area (Å²) in [5.41, 5.74) is 2.02. The third kappa shape index (κ3) is 1.93. The number of anilines is 1. The molecule has 2 nitrogen and oxygen atoms in total. The molecule has 0 amide bonds. The molecule has 1 atom stereocenters. The van der Waals surface area contributed by atoms with Gasteiger partial charge in [-0.2, -0.15) is 0 Å². The van der Waals surface area contributed by atoms with Gasteiger partial charge in [-0.15, -0.1) is 0 Å². The lowest BCUT2D eigenvalue weighted by Crippen LogP contribution is -2.43. The molecule has 14 heavy (non-hydrogen) atoms. The van der Waals surface area contributed by atoms with Gasteiger partial charge in [0.15, 0.2) is 0 Å². The van der Waals surface area contributed by atoms with Crippen LogP contribution in [0, 0.1) is 0 Å². The molecule has 0 bridgehead atoms. The lowest BCUT2D eigenvalue weighted by molar-refractivity contribution is 0.0989. The minimum Gasteiger partial charge on any atom is -0.377 e. The fourth-order valence-electron chi connectivity index (χ4n) is 1.81. The van der Waals surface area contributed by atoms with E-state index in [1.54, 1.807) is 0 Å². The summed E-state index contributed by atoms with van der Waals surface area (Å²) in [4.78, 5) is 2.33. The van der Waals surface area contributed by atoms with Crippen LogP contribution in [0.1, 0.15) is 6.92 Å². The van der Waals surface area contributed by atoms with Gasteiger partial charge in [0.2, 0.25) is 0 Å². The second-order valence-electron chi connectivity index (χ2n) is 3.71. The molecule has 0 aromatic heterocycles. The van der Waals surface area contributed by atoms with Crippen molar-refractivity contribution in [3.63, 3.8) is 0 Å². The van der Waals surface area contributed by atoms with Gasteiger partial charge in [-0.1, -0.05) is 17.6 Å². The molecule has 1 aliphatic heterocycles. The van der Waals surface area contributed by atoms with Gasteiger partial charge in [-0.05, 0) is 19.1 Å². The number of nitrogens with zero attached hydrogens (tertiary/aromatic N) is 1. The van der Waals surface area contributed by atoms with Crippen molar-refractivity contribution >= 4 is 19.0 Å². The topological polar surface area (TPSA) is 12.5 Å². The van der Waals surface area contributed by atoms with Gasteiger partial charge < -0.3 is 9.64 Å². The minimum absolute atomic E-state index is 0.436. The number of hydrogen-bond donors (Lipinski definition) is 0. The van der Waals surface area contributed by atoms with E-state index < -0.39 is 0 Å². The number of benzene rings is 1. The first kappa shape index (κ1) is 9.59.